The van der Waals surface area contributed by atoms with Gasteiger partial charge in [-0.15, -0.1) is 0 Å². The van der Waals surface area contributed by atoms with Gasteiger partial charge in [-0.05, 0) is 29.8 Å². The normalized spacial score (nSPS) is 18.8. The van der Waals surface area contributed by atoms with Gasteiger partial charge in [0.1, 0.15) is 5.76 Å². The van der Waals surface area contributed by atoms with E-state index in [-0.39, 0.29) is 22.6 Å². The molecule has 1 atom stereocenters. The zero-order valence-corrected chi connectivity index (χ0v) is 14.2. The molecular weight excluding hydrogens is 392 g/mol. The van der Waals surface area contributed by atoms with Crippen molar-refractivity contribution in [2.45, 2.75) is 6.04 Å². The van der Waals surface area contributed by atoms with Gasteiger partial charge >= 0.3 is 0 Å². The molecule has 0 radical (unpaired) electrons. The summed E-state index contributed by atoms with van der Waals surface area (Å²) in [7, 11) is 0. The van der Waals surface area contributed by atoms with E-state index >= 15 is 0 Å². The molecule has 1 amide bonds. The summed E-state index contributed by atoms with van der Waals surface area (Å²) in [5, 5.41) is 23.8. The van der Waals surface area contributed by atoms with Crippen molar-refractivity contribution >= 4 is 39.1 Å². The van der Waals surface area contributed by atoms with Crippen molar-refractivity contribution < 1.29 is 19.6 Å². The fourth-order valence-electron chi connectivity index (χ4n) is 2.57. The molecule has 1 saturated heterocycles. The number of amides is 1. The van der Waals surface area contributed by atoms with Crippen molar-refractivity contribution in [2.75, 3.05) is 0 Å². The molecule has 0 saturated carbocycles. The van der Waals surface area contributed by atoms with Crippen LogP contribution < -0.4 is 5.32 Å². The minimum atomic E-state index is -0.830. The van der Waals surface area contributed by atoms with E-state index in [0.29, 0.717) is 5.56 Å². The molecule has 0 aliphatic carbocycles. The number of non-ortho nitro benzene ring substituents is 1. The number of benzene rings is 2. The fraction of sp³-hybridized carbons (Fsp3) is 0.0588. The molecule has 0 spiro atoms. The lowest BCUT2D eigenvalue weighted by Gasteiger charge is -2.13. The van der Waals surface area contributed by atoms with E-state index in [9.17, 15) is 24.8 Å². The quantitative estimate of drug-likeness (QED) is 0.269. The Balaban J connectivity index is 2.07. The zero-order valence-electron chi connectivity index (χ0n) is 12.6. The molecule has 1 fully saturated rings. The summed E-state index contributed by atoms with van der Waals surface area (Å²) in [5.74, 6) is -2.02. The molecule has 25 heavy (non-hydrogen) atoms. The molecule has 7 nitrogen and oxygen atoms in total. The van der Waals surface area contributed by atoms with Crippen molar-refractivity contribution in [3.8, 4) is 0 Å². The van der Waals surface area contributed by atoms with Gasteiger partial charge in [0.05, 0.1) is 16.5 Å². The number of nitrogens with zero attached hydrogens (tertiary/aromatic N) is 1. The minimum Gasteiger partial charge on any atom is -0.507 e. The number of aliphatic hydroxyl groups is 1. The Hall–Kier alpha value is -3.00. The van der Waals surface area contributed by atoms with Crippen LogP contribution in [0.15, 0.2) is 58.6 Å². The van der Waals surface area contributed by atoms with Crippen LogP contribution in [0.4, 0.5) is 5.69 Å². The highest BCUT2D eigenvalue weighted by Gasteiger charge is 2.39. The first kappa shape index (κ1) is 16.8. The van der Waals surface area contributed by atoms with E-state index in [4.69, 9.17) is 0 Å². The van der Waals surface area contributed by atoms with Crippen LogP contribution in [0, 0.1) is 10.1 Å². The maximum Gasteiger partial charge on any atom is 0.293 e. The van der Waals surface area contributed by atoms with Crippen LogP contribution in [0.1, 0.15) is 17.2 Å². The number of Topliss-reactive ketones (excluding diaryl/α,β-unsaturated/α-hetero) is 1. The van der Waals surface area contributed by atoms with E-state index in [1.165, 1.54) is 24.3 Å². The number of hydrogen-bond donors (Lipinski definition) is 2. The van der Waals surface area contributed by atoms with Crippen LogP contribution in [0.3, 0.4) is 0 Å². The lowest BCUT2D eigenvalue weighted by Crippen LogP contribution is -2.21. The van der Waals surface area contributed by atoms with Gasteiger partial charge in [-0.3, -0.25) is 19.7 Å². The Morgan fingerprint density at radius 3 is 2.24 bits per heavy atom. The van der Waals surface area contributed by atoms with E-state index in [1.807, 2.05) is 0 Å². The summed E-state index contributed by atoms with van der Waals surface area (Å²) in [6.45, 7) is 0. The molecule has 1 heterocycles. The maximum absolute atomic E-state index is 12.2. The zero-order chi connectivity index (χ0) is 18.1. The molecular formula is C17H11BrN2O5. The van der Waals surface area contributed by atoms with Gasteiger partial charge in [-0.2, -0.15) is 0 Å². The van der Waals surface area contributed by atoms with Crippen LogP contribution in [-0.2, 0) is 9.59 Å². The average molecular weight is 403 g/mol. The van der Waals surface area contributed by atoms with Crippen LogP contribution in [0.25, 0.3) is 5.76 Å². The summed E-state index contributed by atoms with van der Waals surface area (Å²) in [6, 6.07) is 11.3. The number of carbonyl (C=O) groups excluding carboxylic acids is 2. The molecule has 3 rings (SSSR count). The van der Waals surface area contributed by atoms with Gasteiger partial charge in [0.15, 0.2) is 0 Å². The summed E-state index contributed by atoms with van der Waals surface area (Å²) in [6.07, 6.45) is 0. The predicted molar refractivity (Wildman–Crippen MR) is 92.7 cm³/mol. The van der Waals surface area contributed by atoms with Crippen LogP contribution in [0.5, 0.6) is 0 Å². The monoisotopic (exact) mass is 402 g/mol. The second-order valence-corrected chi connectivity index (χ2v) is 6.27. The first-order chi connectivity index (χ1) is 11.9. The molecule has 2 aromatic rings. The third-order valence-corrected chi connectivity index (χ3v) is 4.35. The predicted octanol–water partition coefficient (Wildman–Crippen LogP) is 3.07. The average Bonchev–Trinajstić information content (AvgIpc) is 2.90. The number of hydrogen-bond acceptors (Lipinski definition) is 5. The lowest BCUT2D eigenvalue weighted by atomic mass is 9.96. The number of ketones is 1. The lowest BCUT2D eigenvalue weighted by molar-refractivity contribution is -0.384. The van der Waals surface area contributed by atoms with Crippen LogP contribution >= 0.6 is 15.9 Å². The molecule has 2 N–H and O–H groups in total. The fourth-order valence-corrected chi connectivity index (χ4v) is 2.83. The summed E-state index contributed by atoms with van der Waals surface area (Å²) >= 11 is 3.31. The SMILES string of the molecule is O=C1NC(c2ccc(Br)cc2)/C(=C(\O)c2ccc([N+](=O)[O-])cc2)C1=O. The maximum atomic E-state index is 12.2. The van der Waals surface area contributed by atoms with E-state index in [2.05, 4.69) is 21.2 Å². The summed E-state index contributed by atoms with van der Waals surface area (Å²) in [5.41, 5.74) is 0.623. The number of nitro benzene ring substituents is 1. The molecule has 2 aromatic carbocycles. The third kappa shape index (κ3) is 3.16. The Labute approximate surface area is 150 Å². The van der Waals surface area contributed by atoms with Gasteiger partial charge in [-0.1, -0.05) is 28.1 Å². The largest absolute Gasteiger partial charge is 0.507 e. The Morgan fingerprint density at radius 2 is 1.68 bits per heavy atom. The molecule has 1 aliphatic heterocycles. The molecule has 0 bridgehead atoms. The van der Waals surface area contributed by atoms with Crippen molar-refractivity contribution in [2.24, 2.45) is 0 Å². The number of nitrogens with one attached hydrogen (secondary N) is 1. The van der Waals surface area contributed by atoms with Crippen molar-refractivity contribution in [1.82, 2.24) is 5.32 Å². The summed E-state index contributed by atoms with van der Waals surface area (Å²) < 4.78 is 0.831. The number of rotatable bonds is 3. The Morgan fingerprint density at radius 1 is 1.08 bits per heavy atom. The number of aliphatic hydroxyl groups excluding tert-OH is 1. The van der Waals surface area contributed by atoms with Crippen molar-refractivity contribution in [1.29, 1.82) is 0 Å². The molecule has 0 aromatic heterocycles. The van der Waals surface area contributed by atoms with Gasteiger partial charge in [0.25, 0.3) is 17.4 Å². The van der Waals surface area contributed by atoms with Crippen LogP contribution in [-0.4, -0.2) is 21.7 Å². The first-order valence-electron chi connectivity index (χ1n) is 7.17. The molecule has 8 heteroatoms. The number of halogens is 1. The minimum absolute atomic E-state index is 0.0822. The molecule has 126 valence electrons. The highest BCUT2D eigenvalue weighted by atomic mass is 79.9. The van der Waals surface area contributed by atoms with Crippen molar-refractivity contribution in [3.05, 3.63) is 79.8 Å². The first-order valence-corrected chi connectivity index (χ1v) is 7.96. The topological polar surface area (TPSA) is 110 Å². The van der Waals surface area contributed by atoms with Gasteiger partial charge in [0, 0.05) is 22.2 Å². The third-order valence-electron chi connectivity index (χ3n) is 3.82. The Bertz CT molecular complexity index is 904. The van der Waals surface area contributed by atoms with Crippen LogP contribution in [0.2, 0.25) is 0 Å². The standard InChI is InChI=1S/C17H11BrN2O5/c18-11-5-1-9(2-6-11)14-13(16(22)17(23)19-14)15(21)10-3-7-12(8-4-10)20(24)25/h1-8,14,21H,(H,19,23)/b15-13+. The van der Waals surface area contributed by atoms with Crippen molar-refractivity contribution in [3.63, 3.8) is 0 Å². The summed E-state index contributed by atoms with van der Waals surface area (Å²) in [4.78, 5) is 34.2. The van der Waals surface area contributed by atoms with Gasteiger partial charge in [0.2, 0.25) is 0 Å². The van der Waals surface area contributed by atoms with E-state index in [1.54, 1.807) is 24.3 Å². The highest BCUT2D eigenvalue weighted by Crippen LogP contribution is 2.33. The second-order valence-electron chi connectivity index (χ2n) is 5.35. The number of carbonyl (C=O) groups is 2. The Kier molecular flexibility index (Phi) is 4.37. The van der Waals surface area contributed by atoms with Gasteiger partial charge in [-0.25, -0.2) is 0 Å². The molecule has 1 aliphatic rings. The second kappa shape index (κ2) is 6.48. The highest BCUT2D eigenvalue weighted by molar-refractivity contribution is 9.10. The van der Waals surface area contributed by atoms with E-state index < -0.39 is 22.7 Å². The smallest absolute Gasteiger partial charge is 0.293 e. The van der Waals surface area contributed by atoms with Gasteiger partial charge < -0.3 is 10.4 Å². The number of nitro groups is 1. The molecule has 1 unspecified atom stereocenters. The van der Waals surface area contributed by atoms with E-state index in [0.717, 1.165) is 4.47 Å².